The SMILES string of the molecule is COc1cccc(C(=O)NCC2CCC(O)CC2)c1OC. The molecule has 2 N–H and O–H groups in total. The van der Waals surface area contributed by atoms with Gasteiger partial charge in [-0.1, -0.05) is 6.07 Å². The lowest BCUT2D eigenvalue weighted by molar-refractivity contribution is 0.0907. The smallest absolute Gasteiger partial charge is 0.255 e. The average Bonchev–Trinajstić information content (AvgIpc) is 2.53. The molecular weight excluding hydrogens is 270 g/mol. The number of benzene rings is 1. The second-order valence-electron chi connectivity index (χ2n) is 5.43. The van der Waals surface area contributed by atoms with E-state index in [9.17, 15) is 9.90 Å². The van der Waals surface area contributed by atoms with E-state index in [1.54, 1.807) is 25.3 Å². The molecule has 1 aliphatic carbocycles. The highest BCUT2D eigenvalue weighted by Gasteiger charge is 2.21. The van der Waals surface area contributed by atoms with Crippen LogP contribution in [0.15, 0.2) is 18.2 Å². The Kier molecular flexibility index (Phi) is 5.44. The molecule has 0 heterocycles. The molecule has 0 unspecified atom stereocenters. The van der Waals surface area contributed by atoms with Crippen LogP contribution >= 0.6 is 0 Å². The largest absolute Gasteiger partial charge is 0.493 e. The lowest BCUT2D eigenvalue weighted by Crippen LogP contribution is -2.32. The highest BCUT2D eigenvalue weighted by molar-refractivity contribution is 5.97. The van der Waals surface area contributed by atoms with Gasteiger partial charge in [0.15, 0.2) is 11.5 Å². The zero-order chi connectivity index (χ0) is 15.2. The fourth-order valence-corrected chi connectivity index (χ4v) is 2.75. The highest BCUT2D eigenvalue weighted by Crippen LogP contribution is 2.30. The molecule has 5 heteroatoms. The van der Waals surface area contributed by atoms with Crippen LogP contribution in [0.3, 0.4) is 0 Å². The fourth-order valence-electron chi connectivity index (χ4n) is 2.75. The van der Waals surface area contributed by atoms with Crippen molar-refractivity contribution in [2.45, 2.75) is 31.8 Å². The van der Waals surface area contributed by atoms with Crippen molar-refractivity contribution in [2.75, 3.05) is 20.8 Å². The Morgan fingerprint density at radius 1 is 1.24 bits per heavy atom. The number of nitrogens with one attached hydrogen (secondary N) is 1. The number of carbonyl (C=O) groups is 1. The molecule has 1 aromatic carbocycles. The second kappa shape index (κ2) is 7.31. The minimum Gasteiger partial charge on any atom is -0.493 e. The number of rotatable bonds is 5. The monoisotopic (exact) mass is 293 g/mol. The van der Waals surface area contributed by atoms with Gasteiger partial charge in [0.1, 0.15) is 0 Å². The average molecular weight is 293 g/mol. The van der Waals surface area contributed by atoms with Crippen molar-refractivity contribution >= 4 is 5.91 Å². The maximum Gasteiger partial charge on any atom is 0.255 e. The van der Waals surface area contributed by atoms with E-state index in [-0.39, 0.29) is 12.0 Å². The summed E-state index contributed by atoms with van der Waals surface area (Å²) in [4.78, 5) is 12.3. The molecule has 1 amide bonds. The Bertz CT molecular complexity index is 481. The third-order valence-corrected chi connectivity index (χ3v) is 4.02. The number of hydrogen-bond donors (Lipinski definition) is 2. The molecule has 0 atom stereocenters. The van der Waals surface area contributed by atoms with Gasteiger partial charge in [-0.2, -0.15) is 0 Å². The molecule has 116 valence electrons. The van der Waals surface area contributed by atoms with Crippen LogP contribution in [-0.2, 0) is 0 Å². The van der Waals surface area contributed by atoms with Crippen LogP contribution in [-0.4, -0.2) is 37.9 Å². The number of aliphatic hydroxyl groups is 1. The Balaban J connectivity index is 1.97. The van der Waals surface area contributed by atoms with E-state index in [0.29, 0.717) is 29.5 Å². The Morgan fingerprint density at radius 2 is 1.95 bits per heavy atom. The van der Waals surface area contributed by atoms with Gasteiger partial charge in [0.05, 0.1) is 25.9 Å². The van der Waals surface area contributed by atoms with E-state index in [0.717, 1.165) is 25.7 Å². The van der Waals surface area contributed by atoms with Crippen molar-refractivity contribution in [3.63, 3.8) is 0 Å². The molecular formula is C16H23NO4. The van der Waals surface area contributed by atoms with E-state index in [4.69, 9.17) is 9.47 Å². The van der Waals surface area contributed by atoms with Crippen molar-refractivity contribution in [3.05, 3.63) is 23.8 Å². The van der Waals surface area contributed by atoms with Crippen LogP contribution in [0.5, 0.6) is 11.5 Å². The van der Waals surface area contributed by atoms with Gasteiger partial charge in [-0.3, -0.25) is 4.79 Å². The van der Waals surface area contributed by atoms with Crippen molar-refractivity contribution < 1.29 is 19.4 Å². The first-order valence-electron chi connectivity index (χ1n) is 7.33. The molecule has 5 nitrogen and oxygen atoms in total. The molecule has 0 spiro atoms. The van der Waals surface area contributed by atoms with E-state index in [2.05, 4.69) is 5.32 Å². The van der Waals surface area contributed by atoms with E-state index in [1.807, 2.05) is 0 Å². The first-order valence-corrected chi connectivity index (χ1v) is 7.33. The molecule has 2 rings (SSSR count). The molecule has 1 aromatic rings. The van der Waals surface area contributed by atoms with Crippen LogP contribution < -0.4 is 14.8 Å². The van der Waals surface area contributed by atoms with Crippen LogP contribution in [0.4, 0.5) is 0 Å². The Hall–Kier alpha value is -1.75. The first kappa shape index (κ1) is 15.6. The van der Waals surface area contributed by atoms with Crippen molar-refractivity contribution in [3.8, 4) is 11.5 Å². The lowest BCUT2D eigenvalue weighted by atomic mass is 9.87. The minimum absolute atomic E-state index is 0.156. The van der Waals surface area contributed by atoms with Crippen LogP contribution in [0.1, 0.15) is 36.0 Å². The van der Waals surface area contributed by atoms with Gasteiger partial charge in [-0.05, 0) is 43.7 Å². The molecule has 1 fully saturated rings. The summed E-state index contributed by atoms with van der Waals surface area (Å²) in [5, 5.41) is 12.4. The van der Waals surface area contributed by atoms with Gasteiger partial charge in [0.2, 0.25) is 0 Å². The number of hydrogen-bond acceptors (Lipinski definition) is 4. The van der Waals surface area contributed by atoms with Crippen LogP contribution in [0, 0.1) is 5.92 Å². The summed E-state index contributed by atoms with van der Waals surface area (Å²) in [5.41, 5.74) is 0.479. The molecule has 0 saturated heterocycles. The molecule has 1 saturated carbocycles. The molecule has 1 aliphatic rings. The Labute approximate surface area is 125 Å². The Morgan fingerprint density at radius 3 is 2.57 bits per heavy atom. The topological polar surface area (TPSA) is 67.8 Å². The summed E-state index contributed by atoms with van der Waals surface area (Å²) < 4.78 is 10.5. The van der Waals surface area contributed by atoms with Gasteiger partial charge in [-0.25, -0.2) is 0 Å². The van der Waals surface area contributed by atoms with Crippen molar-refractivity contribution in [1.29, 1.82) is 0 Å². The zero-order valence-corrected chi connectivity index (χ0v) is 12.6. The third-order valence-electron chi connectivity index (χ3n) is 4.02. The number of ether oxygens (including phenoxy) is 2. The number of amides is 1. The van der Waals surface area contributed by atoms with Gasteiger partial charge in [0, 0.05) is 6.54 Å². The summed E-state index contributed by atoms with van der Waals surface area (Å²) in [6, 6.07) is 5.26. The molecule has 0 aliphatic heterocycles. The summed E-state index contributed by atoms with van der Waals surface area (Å²) in [5.74, 6) is 1.29. The van der Waals surface area contributed by atoms with Crippen LogP contribution in [0.25, 0.3) is 0 Å². The van der Waals surface area contributed by atoms with E-state index >= 15 is 0 Å². The minimum atomic E-state index is -0.171. The predicted molar refractivity (Wildman–Crippen MR) is 79.8 cm³/mol. The standard InChI is InChI=1S/C16H23NO4/c1-20-14-5-3-4-13(15(14)21-2)16(19)17-10-11-6-8-12(18)9-7-11/h3-5,11-12,18H,6-10H2,1-2H3,(H,17,19). The van der Waals surface area contributed by atoms with Gasteiger partial charge in [-0.15, -0.1) is 0 Å². The molecule has 0 aromatic heterocycles. The number of carbonyl (C=O) groups excluding carboxylic acids is 1. The van der Waals surface area contributed by atoms with Gasteiger partial charge < -0.3 is 19.9 Å². The quantitative estimate of drug-likeness (QED) is 0.871. The summed E-state index contributed by atoms with van der Waals surface area (Å²) >= 11 is 0. The van der Waals surface area contributed by atoms with E-state index < -0.39 is 0 Å². The summed E-state index contributed by atoms with van der Waals surface area (Å²) in [6.07, 6.45) is 3.38. The predicted octanol–water partition coefficient (Wildman–Crippen LogP) is 1.98. The number of methoxy groups -OCH3 is 2. The van der Waals surface area contributed by atoms with Crippen molar-refractivity contribution in [2.24, 2.45) is 5.92 Å². The molecule has 0 radical (unpaired) electrons. The number of para-hydroxylation sites is 1. The fraction of sp³-hybridized carbons (Fsp3) is 0.562. The first-order chi connectivity index (χ1) is 10.2. The summed E-state index contributed by atoms with van der Waals surface area (Å²) in [7, 11) is 3.07. The highest BCUT2D eigenvalue weighted by atomic mass is 16.5. The second-order valence-corrected chi connectivity index (χ2v) is 5.43. The maximum absolute atomic E-state index is 12.3. The normalized spacial score (nSPS) is 21.7. The van der Waals surface area contributed by atoms with Gasteiger partial charge in [0.25, 0.3) is 5.91 Å². The molecule has 0 bridgehead atoms. The van der Waals surface area contributed by atoms with Crippen molar-refractivity contribution in [1.82, 2.24) is 5.32 Å². The lowest BCUT2D eigenvalue weighted by Gasteiger charge is -2.25. The van der Waals surface area contributed by atoms with Gasteiger partial charge >= 0.3 is 0 Å². The molecule has 21 heavy (non-hydrogen) atoms. The maximum atomic E-state index is 12.3. The zero-order valence-electron chi connectivity index (χ0n) is 12.6. The third kappa shape index (κ3) is 3.88. The van der Waals surface area contributed by atoms with E-state index in [1.165, 1.54) is 7.11 Å². The number of aliphatic hydroxyl groups excluding tert-OH is 1. The summed E-state index contributed by atoms with van der Waals surface area (Å²) in [6.45, 7) is 0.631. The van der Waals surface area contributed by atoms with Crippen LogP contribution in [0.2, 0.25) is 0 Å².